The van der Waals surface area contributed by atoms with Crippen molar-refractivity contribution in [2.24, 2.45) is 11.3 Å². The van der Waals surface area contributed by atoms with Gasteiger partial charge in [0.05, 0.1) is 12.7 Å². The molecule has 3 fully saturated rings. The van der Waals surface area contributed by atoms with Gasteiger partial charge in [-0.15, -0.1) is 0 Å². The lowest BCUT2D eigenvalue weighted by molar-refractivity contribution is 0.0170. The van der Waals surface area contributed by atoms with Crippen molar-refractivity contribution in [2.75, 3.05) is 32.8 Å². The molecule has 0 amide bonds. The molecule has 0 aromatic rings. The standard InChI is InChI=1S/C16H29NO2/c18-15(14-4-11-19-13-14)12-17-9-7-16(8-10-17)5-2-1-3-6-16/h14-15,18H,1-13H2. The Balaban J connectivity index is 1.44. The van der Waals surface area contributed by atoms with Crippen LogP contribution in [-0.2, 0) is 4.74 Å². The molecule has 1 saturated carbocycles. The molecule has 1 spiro atoms. The van der Waals surface area contributed by atoms with Crippen LogP contribution in [0.3, 0.4) is 0 Å². The fourth-order valence-corrected chi connectivity index (χ4v) is 4.28. The Morgan fingerprint density at radius 3 is 2.47 bits per heavy atom. The number of likely N-dealkylation sites (tertiary alicyclic amines) is 1. The van der Waals surface area contributed by atoms with E-state index in [1.807, 2.05) is 0 Å². The normalized spacial score (nSPS) is 33.6. The van der Waals surface area contributed by atoms with Gasteiger partial charge in [0.15, 0.2) is 0 Å². The molecule has 3 nitrogen and oxygen atoms in total. The van der Waals surface area contributed by atoms with E-state index in [0.29, 0.717) is 11.3 Å². The number of piperidine rings is 1. The van der Waals surface area contributed by atoms with E-state index in [2.05, 4.69) is 4.90 Å². The lowest BCUT2D eigenvalue weighted by Gasteiger charge is -2.45. The summed E-state index contributed by atoms with van der Waals surface area (Å²) in [7, 11) is 0. The fraction of sp³-hybridized carbons (Fsp3) is 1.00. The van der Waals surface area contributed by atoms with Crippen LogP contribution < -0.4 is 0 Å². The van der Waals surface area contributed by atoms with Crippen LogP contribution in [0.15, 0.2) is 0 Å². The van der Waals surface area contributed by atoms with Gasteiger partial charge in [-0.2, -0.15) is 0 Å². The van der Waals surface area contributed by atoms with Gasteiger partial charge in [-0.25, -0.2) is 0 Å². The van der Waals surface area contributed by atoms with Crippen LogP contribution in [0.25, 0.3) is 0 Å². The van der Waals surface area contributed by atoms with Crippen molar-refractivity contribution >= 4 is 0 Å². The summed E-state index contributed by atoms with van der Waals surface area (Å²) < 4.78 is 5.38. The Hall–Kier alpha value is -0.120. The third-order valence-electron chi connectivity index (χ3n) is 5.79. The lowest BCUT2D eigenvalue weighted by Crippen LogP contribution is -2.45. The van der Waals surface area contributed by atoms with Crippen LogP contribution >= 0.6 is 0 Å². The molecule has 3 rings (SSSR count). The van der Waals surface area contributed by atoms with Crippen LogP contribution in [0.2, 0.25) is 0 Å². The van der Waals surface area contributed by atoms with E-state index in [0.717, 1.165) is 26.2 Å². The highest BCUT2D eigenvalue weighted by Crippen LogP contribution is 2.44. The third kappa shape index (κ3) is 3.32. The number of aliphatic hydroxyl groups is 1. The molecule has 2 atom stereocenters. The van der Waals surface area contributed by atoms with Gasteiger partial charge in [0.2, 0.25) is 0 Å². The number of aliphatic hydroxyl groups excluding tert-OH is 1. The topological polar surface area (TPSA) is 32.7 Å². The van der Waals surface area contributed by atoms with Gasteiger partial charge in [-0.3, -0.25) is 0 Å². The molecule has 3 heteroatoms. The first-order valence-electron chi connectivity index (χ1n) is 8.26. The molecule has 2 unspecified atom stereocenters. The summed E-state index contributed by atoms with van der Waals surface area (Å²) in [6.45, 7) is 4.86. The smallest absolute Gasteiger partial charge is 0.0718 e. The van der Waals surface area contributed by atoms with E-state index < -0.39 is 0 Å². The Kier molecular flexibility index (Phi) is 4.45. The van der Waals surface area contributed by atoms with Crippen molar-refractivity contribution in [2.45, 2.75) is 57.5 Å². The van der Waals surface area contributed by atoms with Crippen molar-refractivity contribution in [3.8, 4) is 0 Å². The maximum Gasteiger partial charge on any atom is 0.0718 e. The lowest BCUT2D eigenvalue weighted by atomic mass is 9.68. The zero-order chi connectivity index (χ0) is 13.1. The minimum atomic E-state index is -0.178. The molecule has 1 N–H and O–H groups in total. The molecular weight excluding hydrogens is 238 g/mol. The average Bonchev–Trinajstić information content (AvgIpc) is 2.97. The molecular formula is C16H29NO2. The van der Waals surface area contributed by atoms with Crippen molar-refractivity contribution in [3.63, 3.8) is 0 Å². The van der Waals surface area contributed by atoms with Crippen LogP contribution in [0.4, 0.5) is 0 Å². The molecule has 3 aliphatic rings. The van der Waals surface area contributed by atoms with Gasteiger partial charge in [0.1, 0.15) is 0 Å². The maximum atomic E-state index is 10.3. The van der Waals surface area contributed by atoms with Gasteiger partial charge in [0.25, 0.3) is 0 Å². The largest absolute Gasteiger partial charge is 0.391 e. The predicted octanol–water partition coefficient (Wildman–Crippen LogP) is 2.43. The first kappa shape index (κ1) is 13.8. The SMILES string of the molecule is OC(CN1CCC2(CCCCC2)CC1)C1CCOC1. The first-order valence-corrected chi connectivity index (χ1v) is 8.26. The van der Waals surface area contributed by atoms with E-state index in [9.17, 15) is 5.11 Å². The quantitative estimate of drug-likeness (QED) is 0.852. The monoisotopic (exact) mass is 267 g/mol. The highest BCUT2D eigenvalue weighted by atomic mass is 16.5. The molecule has 0 bridgehead atoms. The second-order valence-corrected chi connectivity index (χ2v) is 7.05. The Bertz CT molecular complexity index is 272. The predicted molar refractivity (Wildman–Crippen MR) is 76.1 cm³/mol. The zero-order valence-electron chi connectivity index (χ0n) is 12.1. The van der Waals surface area contributed by atoms with Gasteiger partial charge >= 0.3 is 0 Å². The molecule has 1 aliphatic carbocycles. The molecule has 110 valence electrons. The minimum Gasteiger partial charge on any atom is -0.391 e. The number of rotatable bonds is 3. The third-order valence-corrected chi connectivity index (χ3v) is 5.79. The number of ether oxygens (including phenoxy) is 1. The number of hydrogen-bond acceptors (Lipinski definition) is 3. The molecule has 0 aromatic carbocycles. The van der Waals surface area contributed by atoms with Crippen LogP contribution in [0.5, 0.6) is 0 Å². The fourth-order valence-electron chi connectivity index (χ4n) is 4.28. The summed E-state index contributed by atoms with van der Waals surface area (Å²) in [6.07, 6.45) is 10.8. The molecule has 0 radical (unpaired) electrons. The minimum absolute atomic E-state index is 0.178. The number of nitrogens with zero attached hydrogens (tertiary/aromatic N) is 1. The van der Waals surface area contributed by atoms with Gasteiger partial charge < -0.3 is 14.7 Å². The summed E-state index contributed by atoms with van der Waals surface area (Å²) in [5, 5.41) is 10.3. The Morgan fingerprint density at radius 1 is 1.11 bits per heavy atom. The van der Waals surface area contributed by atoms with Gasteiger partial charge in [-0.1, -0.05) is 19.3 Å². The van der Waals surface area contributed by atoms with E-state index >= 15 is 0 Å². The first-order chi connectivity index (χ1) is 9.27. The summed E-state index contributed by atoms with van der Waals surface area (Å²) in [4.78, 5) is 2.49. The molecule has 2 saturated heterocycles. The number of hydrogen-bond donors (Lipinski definition) is 1. The summed E-state index contributed by atoms with van der Waals surface area (Å²) in [6, 6.07) is 0. The summed E-state index contributed by atoms with van der Waals surface area (Å²) >= 11 is 0. The highest BCUT2D eigenvalue weighted by molar-refractivity contribution is 4.89. The Morgan fingerprint density at radius 2 is 1.84 bits per heavy atom. The highest BCUT2D eigenvalue weighted by Gasteiger charge is 2.36. The van der Waals surface area contributed by atoms with Crippen LogP contribution in [-0.4, -0.2) is 49.0 Å². The average molecular weight is 267 g/mol. The molecule has 2 heterocycles. The van der Waals surface area contributed by atoms with Crippen molar-refractivity contribution in [3.05, 3.63) is 0 Å². The van der Waals surface area contributed by atoms with Crippen molar-refractivity contribution in [1.82, 2.24) is 4.90 Å². The molecule has 0 aromatic heterocycles. The van der Waals surface area contributed by atoms with E-state index in [4.69, 9.17) is 4.74 Å². The second kappa shape index (κ2) is 6.11. The molecule has 2 aliphatic heterocycles. The summed E-state index contributed by atoms with van der Waals surface area (Å²) in [5.41, 5.74) is 0.677. The molecule has 19 heavy (non-hydrogen) atoms. The second-order valence-electron chi connectivity index (χ2n) is 7.05. The van der Waals surface area contributed by atoms with Crippen LogP contribution in [0, 0.1) is 11.3 Å². The summed E-state index contributed by atoms with van der Waals surface area (Å²) in [5.74, 6) is 0.380. The maximum absolute atomic E-state index is 10.3. The van der Waals surface area contributed by atoms with Crippen molar-refractivity contribution in [1.29, 1.82) is 0 Å². The van der Waals surface area contributed by atoms with Gasteiger partial charge in [-0.05, 0) is 50.6 Å². The van der Waals surface area contributed by atoms with Crippen molar-refractivity contribution < 1.29 is 9.84 Å². The Labute approximate surface area is 117 Å². The van der Waals surface area contributed by atoms with E-state index in [-0.39, 0.29) is 6.10 Å². The van der Waals surface area contributed by atoms with E-state index in [1.165, 1.54) is 58.0 Å². The van der Waals surface area contributed by atoms with E-state index in [1.54, 1.807) is 0 Å². The van der Waals surface area contributed by atoms with Gasteiger partial charge in [0, 0.05) is 19.1 Å². The number of β-amino-alcohol motifs (C(OH)–C–C–N with tert-alkyl or cyclic N) is 1. The zero-order valence-corrected chi connectivity index (χ0v) is 12.1. The van der Waals surface area contributed by atoms with Crippen LogP contribution in [0.1, 0.15) is 51.4 Å².